The van der Waals surface area contributed by atoms with Crippen LogP contribution in [-0.4, -0.2) is 89.9 Å². The number of likely N-dealkylation sites (tertiary alicyclic amines) is 1. The number of anilines is 1. The van der Waals surface area contributed by atoms with Gasteiger partial charge in [-0.05, 0) is 40.7 Å². The topological polar surface area (TPSA) is 117 Å². The van der Waals surface area contributed by atoms with E-state index in [0.717, 1.165) is 44.8 Å². The smallest absolute Gasteiger partial charge is 0.410 e. The fourth-order valence-electron chi connectivity index (χ4n) is 3.82. The summed E-state index contributed by atoms with van der Waals surface area (Å²) in [6.45, 7) is 10.4. The Morgan fingerprint density at radius 1 is 1.16 bits per heavy atom. The molecule has 1 unspecified atom stereocenters. The number of piperazine rings is 1. The van der Waals surface area contributed by atoms with E-state index in [-0.39, 0.29) is 18.0 Å². The van der Waals surface area contributed by atoms with Crippen molar-refractivity contribution in [3.05, 3.63) is 17.8 Å². The molecule has 1 atom stereocenters. The fourth-order valence-corrected chi connectivity index (χ4v) is 3.82. The van der Waals surface area contributed by atoms with Gasteiger partial charge in [-0.3, -0.25) is 0 Å². The number of ether oxygens (including phenoxy) is 2. The van der Waals surface area contributed by atoms with Gasteiger partial charge in [-0.2, -0.15) is 0 Å². The highest BCUT2D eigenvalue weighted by Gasteiger charge is 2.26. The predicted molar refractivity (Wildman–Crippen MR) is 123 cm³/mol. The number of hydrogen-bond donors (Lipinski definition) is 2. The Morgan fingerprint density at radius 3 is 2.53 bits per heavy atom. The molecule has 0 aromatic carbocycles. The minimum absolute atomic E-state index is 0.0506. The molecule has 2 aliphatic rings. The maximum atomic E-state index is 12.4. The molecule has 178 valence electrons. The molecule has 1 amide bonds. The standard InChI is InChI=1S/C22H36N6O4/c1-22(2,3)32-21(29)28-8-5-6-16(7-9-28)31-17-14-18(20(23)25-30)24-19(15-17)27-12-10-26(4)11-13-27/h14-16,30H,5-13H2,1-4H3,(H2,23,25). The Kier molecular flexibility index (Phi) is 7.65. The van der Waals surface area contributed by atoms with Gasteiger partial charge in [-0.1, -0.05) is 5.16 Å². The van der Waals surface area contributed by atoms with Crippen molar-refractivity contribution >= 4 is 17.7 Å². The summed E-state index contributed by atoms with van der Waals surface area (Å²) in [7, 11) is 2.10. The van der Waals surface area contributed by atoms with E-state index < -0.39 is 5.60 Å². The van der Waals surface area contributed by atoms with Crippen molar-refractivity contribution in [1.82, 2.24) is 14.8 Å². The zero-order valence-corrected chi connectivity index (χ0v) is 19.6. The quantitative estimate of drug-likeness (QED) is 0.311. The van der Waals surface area contributed by atoms with E-state index in [1.54, 1.807) is 11.0 Å². The Bertz CT molecular complexity index is 817. The zero-order chi connectivity index (χ0) is 23.3. The molecule has 0 aliphatic carbocycles. The molecule has 1 aromatic rings. The van der Waals surface area contributed by atoms with Crippen molar-refractivity contribution in [3.63, 3.8) is 0 Å². The number of aromatic nitrogens is 1. The molecule has 2 aliphatic heterocycles. The van der Waals surface area contributed by atoms with Crippen LogP contribution < -0.4 is 15.4 Å². The molecule has 2 saturated heterocycles. The van der Waals surface area contributed by atoms with E-state index in [1.807, 2.05) is 26.8 Å². The molecule has 10 heteroatoms. The third-order valence-electron chi connectivity index (χ3n) is 5.61. The van der Waals surface area contributed by atoms with Gasteiger partial charge in [0.2, 0.25) is 0 Å². The summed E-state index contributed by atoms with van der Waals surface area (Å²) < 4.78 is 11.8. The van der Waals surface area contributed by atoms with Crippen molar-refractivity contribution in [1.29, 1.82) is 0 Å². The number of nitrogens with zero attached hydrogens (tertiary/aromatic N) is 5. The van der Waals surface area contributed by atoms with Gasteiger partial charge < -0.3 is 35.1 Å². The number of nitrogens with two attached hydrogens (primary N) is 1. The molecule has 1 aromatic heterocycles. The summed E-state index contributed by atoms with van der Waals surface area (Å²) in [4.78, 5) is 23.2. The lowest BCUT2D eigenvalue weighted by molar-refractivity contribution is 0.0252. The second kappa shape index (κ2) is 10.2. The Morgan fingerprint density at radius 2 is 1.88 bits per heavy atom. The largest absolute Gasteiger partial charge is 0.490 e. The van der Waals surface area contributed by atoms with E-state index in [2.05, 4.69) is 27.0 Å². The van der Waals surface area contributed by atoms with Gasteiger partial charge in [-0.15, -0.1) is 0 Å². The van der Waals surface area contributed by atoms with Crippen molar-refractivity contribution < 1.29 is 19.5 Å². The van der Waals surface area contributed by atoms with Crippen LogP contribution in [0.1, 0.15) is 45.7 Å². The average molecular weight is 449 g/mol. The molecule has 0 bridgehead atoms. The molecular weight excluding hydrogens is 412 g/mol. The van der Waals surface area contributed by atoms with E-state index >= 15 is 0 Å². The Balaban J connectivity index is 1.70. The fraction of sp³-hybridized carbons (Fsp3) is 0.682. The van der Waals surface area contributed by atoms with Gasteiger partial charge in [-0.25, -0.2) is 9.78 Å². The van der Waals surface area contributed by atoms with Crippen LogP contribution in [0, 0.1) is 0 Å². The lowest BCUT2D eigenvalue weighted by Crippen LogP contribution is -2.45. The third-order valence-corrected chi connectivity index (χ3v) is 5.61. The highest BCUT2D eigenvalue weighted by atomic mass is 16.6. The molecule has 32 heavy (non-hydrogen) atoms. The molecule has 3 heterocycles. The van der Waals surface area contributed by atoms with Gasteiger partial charge in [0.05, 0.1) is 0 Å². The molecule has 3 N–H and O–H groups in total. The van der Waals surface area contributed by atoms with Crippen molar-refractivity contribution in [3.8, 4) is 5.75 Å². The van der Waals surface area contributed by atoms with E-state index in [4.69, 9.17) is 20.4 Å². The Hall–Kier alpha value is -2.75. The molecule has 0 saturated carbocycles. The van der Waals surface area contributed by atoms with Crippen LogP contribution in [0.5, 0.6) is 5.75 Å². The number of hydrogen-bond acceptors (Lipinski definition) is 8. The summed E-state index contributed by atoms with van der Waals surface area (Å²) in [5.41, 5.74) is 5.71. The molecular formula is C22H36N6O4. The summed E-state index contributed by atoms with van der Waals surface area (Å²) in [5, 5.41) is 12.3. The number of oxime groups is 1. The molecule has 2 fully saturated rings. The van der Waals surface area contributed by atoms with Crippen LogP contribution in [0.3, 0.4) is 0 Å². The molecule has 10 nitrogen and oxygen atoms in total. The van der Waals surface area contributed by atoms with E-state index in [1.165, 1.54) is 0 Å². The van der Waals surface area contributed by atoms with Crippen LogP contribution in [0.2, 0.25) is 0 Å². The van der Waals surface area contributed by atoms with Gasteiger partial charge in [0.15, 0.2) is 5.84 Å². The van der Waals surface area contributed by atoms with Crippen molar-refractivity contribution in [2.75, 3.05) is 51.2 Å². The first-order valence-electron chi connectivity index (χ1n) is 11.2. The summed E-state index contributed by atoms with van der Waals surface area (Å²) >= 11 is 0. The highest BCUT2D eigenvalue weighted by molar-refractivity contribution is 5.95. The number of rotatable bonds is 4. The summed E-state index contributed by atoms with van der Waals surface area (Å²) in [6, 6.07) is 3.61. The van der Waals surface area contributed by atoms with Gasteiger partial charge in [0, 0.05) is 57.8 Å². The van der Waals surface area contributed by atoms with Crippen molar-refractivity contribution in [2.24, 2.45) is 10.9 Å². The predicted octanol–water partition coefficient (Wildman–Crippen LogP) is 2.10. The number of pyridine rings is 1. The maximum Gasteiger partial charge on any atom is 0.410 e. The minimum atomic E-state index is -0.513. The van der Waals surface area contributed by atoms with Crippen LogP contribution in [-0.2, 0) is 4.74 Å². The minimum Gasteiger partial charge on any atom is -0.490 e. The third kappa shape index (κ3) is 6.62. The van der Waals surface area contributed by atoms with Gasteiger partial charge in [0.1, 0.15) is 29.0 Å². The second-order valence-electron chi connectivity index (χ2n) is 9.46. The van der Waals surface area contributed by atoms with Crippen LogP contribution in [0.15, 0.2) is 17.3 Å². The lowest BCUT2D eigenvalue weighted by atomic mass is 10.1. The molecule has 0 spiro atoms. The first kappa shape index (κ1) is 23.9. The normalized spacial score (nSPS) is 21.2. The van der Waals surface area contributed by atoms with E-state index in [9.17, 15) is 4.79 Å². The monoisotopic (exact) mass is 448 g/mol. The lowest BCUT2D eigenvalue weighted by Gasteiger charge is -2.33. The van der Waals surface area contributed by atoms with Crippen LogP contribution in [0.4, 0.5) is 10.6 Å². The first-order chi connectivity index (χ1) is 15.1. The highest BCUT2D eigenvalue weighted by Crippen LogP contribution is 2.26. The van der Waals surface area contributed by atoms with Crippen LogP contribution in [0.25, 0.3) is 0 Å². The first-order valence-corrected chi connectivity index (χ1v) is 11.2. The van der Waals surface area contributed by atoms with E-state index in [0.29, 0.717) is 31.0 Å². The zero-order valence-electron chi connectivity index (χ0n) is 19.6. The SMILES string of the molecule is CN1CCN(c2cc(OC3CCCN(C(=O)OC(C)(C)C)CC3)cc(/C(N)=N/O)n2)CC1. The number of carbonyl (C=O) groups excluding carboxylic acids is 1. The number of amidine groups is 1. The van der Waals surface area contributed by atoms with Crippen LogP contribution >= 0.6 is 0 Å². The summed E-state index contributed by atoms with van der Waals surface area (Å²) in [5.74, 6) is 1.33. The van der Waals surface area contributed by atoms with Gasteiger partial charge in [0.25, 0.3) is 0 Å². The Labute approximate surface area is 189 Å². The number of carbonyl (C=O) groups is 1. The van der Waals surface area contributed by atoms with Crippen molar-refractivity contribution in [2.45, 2.75) is 51.7 Å². The van der Waals surface area contributed by atoms with Gasteiger partial charge >= 0.3 is 6.09 Å². The summed E-state index contributed by atoms with van der Waals surface area (Å²) in [6.07, 6.45) is 2.01. The molecule has 0 radical (unpaired) electrons. The second-order valence-corrected chi connectivity index (χ2v) is 9.46. The number of amides is 1. The number of likely N-dealkylation sites (N-methyl/N-ethyl adjacent to an activating group) is 1. The maximum absolute atomic E-state index is 12.4. The molecule has 3 rings (SSSR count). The average Bonchev–Trinajstić information content (AvgIpc) is 2.98.